The Morgan fingerprint density at radius 2 is 1.96 bits per heavy atom. The Labute approximate surface area is 140 Å². The number of para-hydroxylation sites is 1. The number of benzene rings is 1. The summed E-state index contributed by atoms with van der Waals surface area (Å²) in [5, 5.41) is 8.64. The number of hydrogen-bond donors (Lipinski definition) is 0. The molecule has 0 bridgehead atoms. The summed E-state index contributed by atoms with van der Waals surface area (Å²) in [4.78, 5) is 14.6. The Balaban J connectivity index is 1.91. The van der Waals surface area contributed by atoms with Gasteiger partial charge in [0.2, 0.25) is 0 Å². The molecule has 0 spiro atoms. The number of carbonyl (C=O) groups is 1. The molecule has 3 rings (SSSR count). The van der Waals surface area contributed by atoms with E-state index in [-0.39, 0.29) is 5.91 Å². The van der Waals surface area contributed by atoms with E-state index in [2.05, 4.69) is 10.5 Å². The molecule has 0 aliphatic carbocycles. The van der Waals surface area contributed by atoms with Crippen LogP contribution in [-0.2, 0) is 6.54 Å². The molecular formula is C18H19N3OS. The Bertz CT molecular complexity index is 806. The molecule has 1 aromatic carbocycles. The van der Waals surface area contributed by atoms with Crippen molar-refractivity contribution in [1.29, 1.82) is 0 Å². The van der Waals surface area contributed by atoms with E-state index in [1.54, 1.807) is 16.2 Å². The lowest BCUT2D eigenvalue weighted by molar-refractivity contribution is 0.0784. The smallest absolute Gasteiger partial charge is 0.257 e. The van der Waals surface area contributed by atoms with E-state index in [0.717, 1.165) is 22.6 Å². The van der Waals surface area contributed by atoms with Crippen molar-refractivity contribution in [3.63, 3.8) is 0 Å². The predicted molar refractivity (Wildman–Crippen MR) is 93.2 cm³/mol. The zero-order valence-electron chi connectivity index (χ0n) is 13.5. The number of aromatic nitrogens is 2. The van der Waals surface area contributed by atoms with Crippen LogP contribution in [0.1, 0.15) is 27.3 Å². The van der Waals surface area contributed by atoms with Crippen molar-refractivity contribution in [3.8, 4) is 5.69 Å². The molecule has 4 nitrogen and oxygen atoms in total. The molecule has 0 saturated carbocycles. The Morgan fingerprint density at radius 1 is 1.22 bits per heavy atom. The van der Waals surface area contributed by atoms with Crippen molar-refractivity contribution in [2.24, 2.45) is 0 Å². The summed E-state index contributed by atoms with van der Waals surface area (Å²) >= 11 is 1.64. The van der Waals surface area contributed by atoms with Gasteiger partial charge in [-0.1, -0.05) is 18.2 Å². The van der Waals surface area contributed by atoms with Gasteiger partial charge in [-0.05, 0) is 48.4 Å². The van der Waals surface area contributed by atoms with Gasteiger partial charge in [-0.25, -0.2) is 4.68 Å². The maximum atomic E-state index is 12.8. The minimum absolute atomic E-state index is 0.00776. The van der Waals surface area contributed by atoms with Gasteiger partial charge in [0.15, 0.2) is 0 Å². The minimum atomic E-state index is 0.00776. The van der Waals surface area contributed by atoms with E-state index >= 15 is 0 Å². The summed E-state index contributed by atoms with van der Waals surface area (Å²) in [5.41, 5.74) is 4.43. The second-order valence-corrected chi connectivity index (χ2v) is 6.37. The molecule has 0 aliphatic heterocycles. The van der Waals surface area contributed by atoms with E-state index in [0.29, 0.717) is 12.1 Å². The van der Waals surface area contributed by atoms with E-state index in [9.17, 15) is 4.79 Å². The Kier molecular flexibility index (Phi) is 4.30. The maximum Gasteiger partial charge on any atom is 0.257 e. The molecule has 0 unspecified atom stereocenters. The number of rotatable bonds is 4. The molecule has 0 fully saturated rings. The van der Waals surface area contributed by atoms with Gasteiger partial charge in [0, 0.05) is 13.6 Å². The zero-order valence-corrected chi connectivity index (χ0v) is 14.3. The summed E-state index contributed by atoms with van der Waals surface area (Å²) in [6.45, 7) is 4.44. The van der Waals surface area contributed by atoms with Gasteiger partial charge in [-0.3, -0.25) is 4.79 Å². The van der Waals surface area contributed by atoms with E-state index in [4.69, 9.17) is 0 Å². The van der Waals surface area contributed by atoms with Crippen LogP contribution in [0.3, 0.4) is 0 Å². The molecule has 0 atom stereocenters. The van der Waals surface area contributed by atoms with Crippen molar-refractivity contribution in [2.75, 3.05) is 7.05 Å². The van der Waals surface area contributed by atoms with Crippen LogP contribution >= 0.6 is 11.3 Å². The molecule has 0 radical (unpaired) electrons. The number of aryl methyl sites for hydroxylation is 1. The molecule has 2 heterocycles. The van der Waals surface area contributed by atoms with E-state index in [1.165, 1.54) is 0 Å². The fraction of sp³-hybridized carbons (Fsp3) is 0.222. The van der Waals surface area contributed by atoms with Crippen LogP contribution in [0, 0.1) is 13.8 Å². The van der Waals surface area contributed by atoms with Crippen molar-refractivity contribution in [1.82, 2.24) is 14.7 Å². The quantitative estimate of drug-likeness (QED) is 0.731. The molecule has 2 aromatic heterocycles. The molecule has 5 heteroatoms. The predicted octanol–water partition coefficient (Wildman–Crippen LogP) is 3.82. The Hall–Kier alpha value is -2.40. The van der Waals surface area contributed by atoms with Crippen LogP contribution in [0.5, 0.6) is 0 Å². The summed E-state index contributed by atoms with van der Waals surface area (Å²) in [7, 11) is 1.83. The molecule has 1 amide bonds. The summed E-state index contributed by atoms with van der Waals surface area (Å²) < 4.78 is 1.83. The first kappa shape index (κ1) is 15.5. The highest BCUT2D eigenvalue weighted by Gasteiger charge is 2.22. The number of nitrogens with zero attached hydrogens (tertiary/aromatic N) is 3. The average molecular weight is 325 g/mol. The lowest BCUT2D eigenvalue weighted by Crippen LogP contribution is -2.27. The first-order valence-electron chi connectivity index (χ1n) is 7.46. The van der Waals surface area contributed by atoms with Gasteiger partial charge in [0.25, 0.3) is 5.91 Å². The highest BCUT2D eigenvalue weighted by Crippen LogP contribution is 2.20. The third-order valence-corrected chi connectivity index (χ3v) is 4.58. The van der Waals surface area contributed by atoms with E-state index in [1.807, 2.05) is 67.4 Å². The molecule has 23 heavy (non-hydrogen) atoms. The van der Waals surface area contributed by atoms with Crippen molar-refractivity contribution in [2.45, 2.75) is 20.4 Å². The van der Waals surface area contributed by atoms with Crippen LogP contribution in [0.15, 0.2) is 47.2 Å². The van der Waals surface area contributed by atoms with Crippen LogP contribution in [0.25, 0.3) is 5.69 Å². The van der Waals surface area contributed by atoms with Crippen LogP contribution in [0.2, 0.25) is 0 Å². The normalized spacial score (nSPS) is 10.7. The number of carbonyl (C=O) groups excluding carboxylic acids is 1. The second kappa shape index (κ2) is 6.38. The molecule has 0 N–H and O–H groups in total. The first-order chi connectivity index (χ1) is 11.1. The highest BCUT2D eigenvalue weighted by atomic mass is 32.1. The molecule has 0 aliphatic rings. The molecule has 0 saturated heterocycles. The molecule has 3 aromatic rings. The van der Waals surface area contributed by atoms with Crippen LogP contribution in [-0.4, -0.2) is 27.6 Å². The minimum Gasteiger partial charge on any atom is -0.337 e. The summed E-state index contributed by atoms with van der Waals surface area (Å²) in [6, 6.07) is 11.9. The largest absolute Gasteiger partial charge is 0.337 e. The molecular weight excluding hydrogens is 306 g/mol. The van der Waals surface area contributed by atoms with Gasteiger partial charge < -0.3 is 4.90 Å². The fourth-order valence-electron chi connectivity index (χ4n) is 2.69. The number of thiophene rings is 1. The van der Waals surface area contributed by atoms with Crippen molar-refractivity contribution < 1.29 is 4.79 Å². The van der Waals surface area contributed by atoms with Gasteiger partial charge >= 0.3 is 0 Å². The van der Waals surface area contributed by atoms with Crippen molar-refractivity contribution >= 4 is 17.2 Å². The third kappa shape index (κ3) is 3.05. The second-order valence-electron chi connectivity index (χ2n) is 5.59. The zero-order chi connectivity index (χ0) is 16.4. The lowest BCUT2D eigenvalue weighted by atomic mass is 10.1. The standard InChI is InChI=1S/C18H19N3OS/c1-13-17(18(22)20(3)11-15-9-10-23-12-15)14(2)21(19-13)16-7-5-4-6-8-16/h4-10,12H,11H2,1-3H3. The van der Waals surface area contributed by atoms with E-state index < -0.39 is 0 Å². The number of amides is 1. The number of hydrogen-bond acceptors (Lipinski definition) is 3. The van der Waals surface area contributed by atoms with Crippen LogP contribution in [0.4, 0.5) is 0 Å². The highest BCUT2D eigenvalue weighted by molar-refractivity contribution is 7.07. The molecule has 118 valence electrons. The maximum absolute atomic E-state index is 12.8. The van der Waals surface area contributed by atoms with Crippen molar-refractivity contribution in [3.05, 3.63) is 69.7 Å². The van der Waals surface area contributed by atoms with Gasteiger partial charge in [0.05, 0.1) is 22.6 Å². The first-order valence-corrected chi connectivity index (χ1v) is 8.40. The topological polar surface area (TPSA) is 38.1 Å². The average Bonchev–Trinajstić information content (AvgIpc) is 3.15. The SMILES string of the molecule is Cc1nn(-c2ccccc2)c(C)c1C(=O)N(C)Cc1ccsc1. The van der Waals surface area contributed by atoms with Gasteiger partial charge in [-0.2, -0.15) is 16.4 Å². The van der Waals surface area contributed by atoms with Gasteiger partial charge in [-0.15, -0.1) is 0 Å². The third-order valence-electron chi connectivity index (χ3n) is 3.85. The fourth-order valence-corrected chi connectivity index (χ4v) is 3.35. The summed E-state index contributed by atoms with van der Waals surface area (Å²) in [6.07, 6.45) is 0. The lowest BCUT2D eigenvalue weighted by Gasteiger charge is -2.16. The van der Waals surface area contributed by atoms with Crippen LogP contribution < -0.4 is 0 Å². The summed E-state index contributed by atoms with van der Waals surface area (Å²) in [5.74, 6) is 0.00776. The van der Waals surface area contributed by atoms with Gasteiger partial charge in [0.1, 0.15) is 0 Å². The monoisotopic (exact) mass is 325 g/mol. The Morgan fingerprint density at radius 3 is 2.61 bits per heavy atom.